The summed E-state index contributed by atoms with van der Waals surface area (Å²) >= 11 is 0. The van der Waals surface area contributed by atoms with Crippen molar-refractivity contribution >= 4 is 11.7 Å². The van der Waals surface area contributed by atoms with Crippen molar-refractivity contribution in [3.8, 4) is 11.5 Å². The normalized spacial score (nSPS) is 18.2. The van der Waals surface area contributed by atoms with Gasteiger partial charge in [0.1, 0.15) is 0 Å². The number of nitrogens with one attached hydrogen (secondary N) is 1. The molecule has 1 aliphatic rings. The molecular formula is C13H15F2NO4. The Bertz CT molecular complexity index is 521. The number of ether oxygens (including phenoxy) is 3. The number of benzene rings is 1. The molecule has 5 nitrogen and oxygen atoms in total. The lowest BCUT2D eigenvalue weighted by molar-refractivity contribution is -0.286. The van der Waals surface area contributed by atoms with E-state index in [1.54, 1.807) is 19.9 Å². The maximum Gasteiger partial charge on any atom is 0.586 e. The number of carbonyl (C=O) groups excluding carboxylic acids is 1. The molecule has 1 aromatic carbocycles. The van der Waals surface area contributed by atoms with E-state index < -0.39 is 6.29 Å². The van der Waals surface area contributed by atoms with Crippen LogP contribution in [0.2, 0.25) is 0 Å². The number of rotatable bonds is 4. The Morgan fingerprint density at radius 2 is 1.95 bits per heavy atom. The number of alkyl halides is 2. The van der Waals surface area contributed by atoms with Crippen LogP contribution in [-0.2, 0) is 9.53 Å². The predicted octanol–water partition coefficient (Wildman–Crippen LogP) is 2.62. The zero-order valence-corrected chi connectivity index (χ0v) is 11.3. The largest absolute Gasteiger partial charge is 0.586 e. The first-order valence-corrected chi connectivity index (χ1v) is 6.06. The maximum atomic E-state index is 12.9. The number of hydrogen-bond acceptors (Lipinski definition) is 5. The summed E-state index contributed by atoms with van der Waals surface area (Å²) in [5.74, 6) is -0.795. The molecule has 1 heterocycles. The third-order valence-corrected chi connectivity index (χ3v) is 3.12. The minimum atomic E-state index is -3.63. The monoisotopic (exact) mass is 287 g/mol. The molecule has 2 atom stereocenters. The average molecular weight is 287 g/mol. The summed E-state index contributed by atoms with van der Waals surface area (Å²) in [4.78, 5) is 11.4. The van der Waals surface area contributed by atoms with E-state index in [-0.39, 0.29) is 29.4 Å². The summed E-state index contributed by atoms with van der Waals surface area (Å²) < 4.78 is 39.1. The molecule has 0 spiro atoms. The highest BCUT2D eigenvalue weighted by atomic mass is 19.3. The molecule has 0 aliphatic carbocycles. The van der Waals surface area contributed by atoms with E-state index in [1.165, 1.54) is 19.2 Å². The molecule has 0 saturated heterocycles. The third kappa shape index (κ3) is 2.92. The van der Waals surface area contributed by atoms with Gasteiger partial charge in [-0.3, -0.25) is 4.79 Å². The molecule has 0 aromatic heterocycles. The van der Waals surface area contributed by atoms with E-state index in [2.05, 4.69) is 19.5 Å². The van der Waals surface area contributed by atoms with Gasteiger partial charge in [0, 0.05) is 17.8 Å². The van der Waals surface area contributed by atoms with Crippen molar-refractivity contribution < 1.29 is 27.8 Å². The van der Waals surface area contributed by atoms with Crippen LogP contribution in [0.1, 0.15) is 13.8 Å². The van der Waals surface area contributed by atoms with E-state index in [4.69, 9.17) is 0 Å². The molecule has 1 N–H and O–H groups in total. The van der Waals surface area contributed by atoms with Gasteiger partial charge in [0.05, 0.1) is 13.0 Å². The van der Waals surface area contributed by atoms with Gasteiger partial charge in [0.15, 0.2) is 11.5 Å². The zero-order chi connectivity index (χ0) is 14.9. The average Bonchev–Trinajstić information content (AvgIpc) is 2.69. The summed E-state index contributed by atoms with van der Waals surface area (Å²) in [6.07, 6.45) is -3.63. The van der Waals surface area contributed by atoms with Crippen LogP contribution in [0.25, 0.3) is 0 Å². The lowest BCUT2D eigenvalue weighted by Gasteiger charge is -2.20. The second-order valence-electron chi connectivity index (χ2n) is 4.57. The van der Waals surface area contributed by atoms with Crippen molar-refractivity contribution in [2.45, 2.75) is 26.2 Å². The second-order valence-corrected chi connectivity index (χ2v) is 4.57. The number of halogens is 2. The van der Waals surface area contributed by atoms with Crippen LogP contribution in [0.15, 0.2) is 18.2 Å². The fraction of sp³-hybridized carbons (Fsp3) is 0.462. The van der Waals surface area contributed by atoms with Crippen molar-refractivity contribution in [3.05, 3.63) is 18.2 Å². The van der Waals surface area contributed by atoms with Gasteiger partial charge in [-0.05, 0) is 26.0 Å². The zero-order valence-electron chi connectivity index (χ0n) is 11.3. The quantitative estimate of drug-likeness (QED) is 0.863. The van der Waals surface area contributed by atoms with Crippen LogP contribution < -0.4 is 14.8 Å². The molecule has 20 heavy (non-hydrogen) atoms. The van der Waals surface area contributed by atoms with Crippen molar-refractivity contribution in [1.82, 2.24) is 0 Å². The van der Waals surface area contributed by atoms with Gasteiger partial charge < -0.3 is 19.5 Å². The Hall–Kier alpha value is -2.05. The lowest BCUT2D eigenvalue weighted by Crippen LogP contribution is -2.30. The van der Waals surface area contributed by atoms with Gasteiger partial charge >= 0.3 is 12.3 Å². The number of esters is 1. The first-order valence-electron chi connectivity index (χ1n) is 6.06. The van der Waals surface area contributed by atoms with E-state index >= 15 is 0 Å². The highest BCUT2D eigenvalue weighted by Gasteiger charge is 2.43. The third-order valence-electron chi connectivity index (χ3n) is 3.12. The molecule has 2 rings (SSSR count). The van der Waals surface area contributed by atoms with Gasteiger partial charge in [-0.2, -0.15) is 0 Å². The summed E-state index contributed by atoms with van der Waals surface area (Å²) in [7, 11) is 1.31. The number of fused-ring (bicyclic) bond motifs is 1. The number of methoxy groups -OCH3 is 1. The van der Waals surface area contributed by atoms with E-state index in [1.807, 2.05) is 0 Å². The van der Waals surface area contributed by atoms with Crippen LogP contribution >= 0.6 is 0 Å². The number of anilines is 1. The molecule has 110 valence electrons. The van der Waals surface area contributed by atoms with Crippen molar-refractivity contribution in [2.75, 3.05) is 12.4 Å². The van der Waals surface area contributed by atoms with E-state index in [9.17, 15) is 13.6 Å². The van der Waals surface area contributed by atoms with Crippen LogP contribution in [-0.4, -0.2) is 25.4 Å². The predicted molar refractivity (Wildman–Crippen MR) is 66.9 cm³/mol. The van der Waals surface area contributed by atoms with Crippen LogP contribution in [0.4, 0.5) is 14.5 Å². The molecule has 1 aromatic rings. The van der Waals surface area contributed by atoms with E-state index in [0.717, 1.165) is 0 Å². The molecular weight excluding hydrogens is 272 g/mol. The Morgan fingerprint density at radius 3 is 2.60 bits per heavy atom. The topological polar surface area (TPSA) is 56.8 Å². The molecule has 7 heteroatoms. The van der Waals surface area contributed by atoms with Crippen LogP contribution in [0.5, 0.6) is 11.5 Å². The Morgan fingerprint density at radius 1 is 1.30 bits per heavy atom. The molecule has 0 radical (unpaired) electrons. The van der Waals surface area contributed by atoms with E-state index in [0.29, 0.717) is 5.69 Å². The summed E-state index contributed by atoms with van der Waals surface area (Å²) in [6.45, 7) is 3.51. The van der Waals surface area contributed by atoms with Gasteiger partial charge in [-0.25, -0.2) is 0 Å². The first kappa shape index (κ1) is 14.4. The number of carbonyl (C=O) groups is 1. The van der Waals surface area contributed by atoms with Gasteiger partial charge in [0.2, 0.25) is 0 Å². The highest BCUT2D eigenvalue weighted by Crippen LogP contribution is 2.42. The van der Waals surface area contributed by atoms with Crippen LogP contribution in [0.3, 0.4) is 0 Å². The van der Waals surface area contributed by atoms with Gasteiger partial charge in [0.25, 0.3) is 0 Å². The van der Waals surface area contributed by atoms with Crippen LogP contribution in [0, 0.1) is 5.92 Å². The fourth-order valence-electron chi connectivity index (χ4n) is 1.82. The van der Waals surface area contributed by atoms with Gasteiger partial charge in [-0.1, -0.05) is 0 Å². The molecule has 2 unspecified atom stereocenters. The van der Waals surface area contributed by atoms with Crippen molar-refractivity contribution in [3.63, 3.8) is 0 Å². The molecule has 0 amide bonds. The van der Waals surface area contributed by atoms with Crippen molar-refractivity contribution in [2.24, 2.45) is 5.92 Å². The fourth-order valence-corrected chi connectivity index (χ4v) is 1.82. The lowest BCUT2D eigenvalue weighted by atomic mass is 10.0. The van der Waals surface area contributed by atoms with Gasteiger partial charge in [-0.15, -0.1) is 8.78 Å². The maximum absolute atomic E-state index is 12.9. The summed E-state index contributed by atoms with van der Waals surface area (Å²) in [5, 5.41) is 3.03. The van der Waals surface area contributed by atoms with Crippen molar-refractivity contribution in [1.29, 1.82) is 0 Å². The second kappa shape index (κ2) is 5.15. The smallest absolute Gasteiger partial charge is 0.469 e. The Labute approximate surface area is 114 Å². The Balaban J connectivity index is 2.07. The summed E-state index contributed by atoms with van der Waals surface area (Å²) in [5.41, 5.74) is 0.549. The minimum absolute atomic E-state index is 0.0192. The standard InChI is InChI=1S/C13H15F2NO4/c1-7(12(17)18-3)8(2)16-9-4-5-10-11(6-9)20-13(14,15)19-10/h4-8,16H,1-3H3. The number of hydrogen-bond donors (Lipinski definition) is 1. The summed E-state index contributed by atoms with van der Waals surface area (Å²) in [6, 6.07) is 4.12. The molecule has 0 bridgehead atoms. The molecule has 0 fully saturated rings. The molecule has 1 aliphatic heterocycles. The Kier molecular flexibility index (Phi) is 3.69. The SMILES string of the molecule is COC(=O)C(C)C(C)Nc1ccc2c(c1)OC(F)(F)O2. The molecule has 0 saturated carbocycles. The highest BCUT2D eigenvalue weighted by molar-refractivity contribution is 5.73. The first-order chi connectivity index (χ1) is 9.32. The minimum Gasteiger partial charge on any atom is -0.469 e.